The number of amides is 1. The summed E-state index contributed by atoms with van der Waals surface area (Å²) < 4.78 is 0. The van der Waals surface area contributed by atoms with Gasteiger partial charge < -0.3 is 5.32 Å². The van der Waals surface area contributed by atoms with E-state index in [2.05, 4.69) is 10.3 Å². The van der Waals surface area contributed by atoms with Gasteiger partial charge in [0.2, 0.25) is 5.91 Å². The van der Waals surface area contributed by atoms with Crippen LogP contribution in [0, 0.1) is 0 Å². The molecular formula is C12H10Cl2N2OS. The predicted molar refractivity (Wildman–Crippen MR) is 75.7 cm³/mol. The number of thiazole rings is 1. The first kappa shape index (κ1) is 13.3. The summed E-state index contributed by atoms with van der Waals surface area (Å²) in [5, 5.41) is 3.92. The number of alkyl halides is 1. The number of rotatable bonds is 4. The lowest BCUT2D eigenvalue weighted by Gasteiger charge is -1.98. The van der Waals surface area contributed by atoms with Gasteiger partial charge in [-0.3, -0.25) is 4.79 Å². The van der Waals surface area contributed by atoms with E-state index in [4.69, 9.17) is 23.2 Å². The van der Waals surface area contributed by atoms with Crippen molar-refractivity contribution in [2.45, 2.75) is 6.42 Å². The van der Waals surface area contributed by atoms with Crippen molar-refractivity contribution in [1.29, 1.82) is 0 Å². The first-order valence-corrected chi connectivity index (χ1v) is 6.95. The molecule has 1 amide bonds. The maximum atomic E-state index is 11.1. The number of carbonyl (C=O) groups excluding carboxylic acids is 1. The maximum Gasteiger partial charge on any atom is 0.241 e. The minimum absolute atomic E-state index is 0.0634. The van der Waals surface area contributed by atoms with Crippen molar-refractivity contribution in [1.82, 2.24) is 4.98 Å². The van der Waals surface area contributed by atoms with Crippen LogP contribution in [0.3, 0.4) is 0 Å². The van der Waals surface area contributed by atoms with E-state index in [-0.39, 0.29) is 11.8 Å². The van der Waals surface area contributed by atoms with Crippen molar-refractivity contribution < 1.29 is 4.79 Å². The molecule has 0 aliphatic carbocycles. The van der Waals surface area contributed by atoms with E-state index in [9.17, 15) is 4.79 Å². The van der Waals surface area contributed by atoms with Crippen LogP contribution in [0.25, 0.3) is 0 Å². The number of hydrogen-bond donors (Lipinski definition) is 1. The predicted octanol–water partition coefficient (Wildman–Crippen LogP) is 3.56. The Bertz CT molecular complexity index is 539. The number of nitrogens with one attached hydrogen (secondary N) is 1. The van der Waals surface area contributed by atoms with Gasteiger partial charge in [0.15, 0.2) is 5.13 Å². The molecule has 0 saturated heterocycles. The van der Waals surface area contributed by atoms with Crippen LogP contribution >= 0.6 is 34.5 Å². The molecule has 0 unspecified atom stereocenters. The molecule has 6 heteroatoms. The SMILES string of the molecule is O=C(CCl)Nc1ncc(Cc2ccc(Cl)cc2)s1. The van der Waals surface area contributed by atoms with Crippen molar-refractivity contribution in [2.24, 2.45) is 0 Å². The zero-order valence-electron chi connectivity index (χ0n) is 9.32. The standard InChI is InChI=1S/C12H10Cl2N2OS/c13-6-11(17)16-12-15-7-10(18-12)5-8-1-3-9(14)4-2-8/h1-4,7H,5-6H2,(H,15,16,17). The van der Waals surface area contributed by atoms with Crippen LogP contribution in [0.4, 0.5) is 5.13 Å². The van der Waals surface area contributed by atoms with Gasteiger partial charge in [-0.25, -0.2) is 4.98 Å². The summed E-state index contributed by atoms with van der Waals surface area (Å²) in [6, 6.07) is 7.65. The average molecular weight is 301 g/mol. The summed E-state index contributed by atoms with van der Waals surface area (Å²) in [4.78, 5) is 16.3. The summed E-state index contributed by atoms with van der Waals surface area (Å²) in [6.07, 6.45) is 2.52. The highest BCUT2D eigenvalue weighted by Gasteiger charge is 2.06. The second-order valence-corrected chi connectivity index (χ2v) is 5.44. The monoisotopic (exact) mass is 300 g/mol. The molecule has 1 heterocycles. The van der Waals surface area contributed by atoms with Gasteiger partial charge in [0, 0.05) is 22.5 Å². The van der Waals surface area contributed by atoms with E-state index in [1.165, 1.54) is 11.3 Å². The quantitative estimate of drug-likeness (QED) is 0.877. The molecule has 0 fully saturated rings. The number of benzene rings is 1. The molecule has 0 saturated carbocycles. The summed E-state index contributed by atoms with van der Waals surface area (Å²) in [5.74, 6) is -0.310. The van der Waals surface area contributed by atoms with Crippen molar-refractivity contribution in [3.8, 4) is 0 Å². The van der Waals surface area contributed by atoms with Crippen molar-refractivity contribution in [3.05, 3.63) is 45.9 Å². The molecule has 0 spiro atoms. The van der Waals surface area contributed by atoms with E-state index in [0.29, 0.717) is 5.13 Å². The third-order valence-corrected chi connectivity index (χ3v) is 3.62. The molecule has 1 N–H and O–H groups in total. The molecule has 94 valence electrons. The minimum atomic E-state index is -0.246. The Balaban J connectivity index is 2.02. The first-order valence-electron chi connectivity index (χ1n) is 5.22. The molecule has 0 aliphatic rings. The number of nitrogens with zero attached hydrogens (tertiary/aromatic N) is 1. The van der Waals surface area contributed by atoms with Crippen molar-refractivity contribution >= 4 is 45.6 Å². The maximum absolute atomic E-state index is 11.1. The summed E-state index contributed by atoms with van der Waals surface area (Å²) in [6.45, 7) is 0. The Morgan fingerprint density at radius 2 is 2.06 bits per heavy atom. The smallest absolute Gasteiger partial charge is 0.241 e. The van der Waals surface area contributed by atoms with E-state index in [0.717, 1.165) is 21.9 Å². The van der Waals surface area contributed by atoms with Gasteiger partial charge in [0.05, 0.1) is 0 Å². The van der Waals surface area contributed by atoms with Crippen LogP contribution in [0.15, 0.2) is 30.5 Å². The highest BCUT2D eigenvalue weighted by Crippen LogP contribution is 2.21. The Kier molecular flexibility index (Phi) is 4.58. The van der Waals surface area contributed by atoms with E-state index < -0.39 is 0 Å². The molecule has 1 aromatic carbocycles. The van der Waals surface area contributed by atoms with Crippen molar-refractivity contribution in [3.63, 3.8) is 0 Å². The second-order valence-electron chi connectivity index (χ2n) is 3.62. The van der Waals surface area contributed by atoms with E-state index in [1.54, 1.807) is 6.20 Å². The zero-order chi connectivity index (χ0) is 13.0. The van der Waals surface area contributed by atoms with Crippen LogP contribution in [-0.4, -0.2) is 16.8 Å². The fourth-order valence-corrected chi connectivity index (χ4v) is 2.46. The van der Waals surface area contributed by atoms with Gasteiger partial charge >= 0.3 is 0 Å². The fourth-order valence-electron chi connectivity index (χ4n) is 1.40. The number of halogens is 2. The van der Waals surface area contributed by atoms with Crippen LogP contribution in [0.2, 0.25) is 5.02 Å². The van der Waals surface area contributed by atoms with E-state index in [1.807, 2.05) is 24.3 Å². The second kappa shape index (κ2) is 6.18. The molecule has 0 bridgehead atoms. The van der Waals surface area contributed by atoms with Gasteiger partial charge in [0.1, 0.15) is 5.88 Å². The lowest BCUT2D eigenvalue weighted by atomic mass is 10.1. The van der Waals surface area contributed by atoms with Crippen LogP contribution in [0.1, 0.15) is 10.4 Å². The molecule has 3 nitrogen and oxygen atoms in total. The number of aromatic nitrogens is 1. The number of anilines is 1. The molecule has 0 atom stereocenters. The zero-order valence-corrected chi connectivity index (χ0v) is 11.6. The Hall–Kier alpha value is -1.10. The third kappa shape index (κ3) is 3.70. The van der Waals surface area contributed by atoms with Crippen LogP contribution in [0.5, 0.6) is 0 Å². The molecule has 0 radical (unpaired) electrons. The van der Waals surface area contributed by atoms with Gasteiger partial charge in [0.25, 0.3) is 0 Å². The van der Waals surface area contributed by atoms with Gasteiger partial charge in [-0.2, -0.15) is 0 Å². The largest absolute Gasteiger partial charge is 0.301 e. The lowest BCUT2D eigenvalue weighted by molar-refractivity contribution is -0.113. The molecule has 2 rings (SSSR count). The highest BCUT2D eigenvalue weighted by molar-refractivity contribution is 7.15. The van der Waals surface area contributed by atoms with Crippen LogP contribution < -0.4 is 5.32 Å². The minimum Gasteiger partial charge on any atom is -0.301 e. The Labute approximate surface area is 119 Å². The van der Waals surface area contributed by atoms with Crippen molar-refractivity contribution in [2.75, 3.05) is 11.2 Å². The topological polar surface area (TPSA) is 42.0 Å². The Morgan fingerprint density at radius 3 is 2.72 bits per heavy atom. The summed E-state index contributed by atoms with van der Waals surface area (Å²) >= 11 is 12.7. The molecule has 18 heavy (non-hydrogen) atoms. The fraction of sp³-hybridized carbons (Fsp3) is 0.167. The van der Waals surface area contributed by atoms with Gasteiger partial charge in [-0.1, -0.05) is 23.7 Å². The lowest BCUT2D eigenvalue weighted by Crippen LogP contribution is -2.11. The number of hydrogen-bond acceptors (Lipinski definition) is 3. The summed E-state index contributed by atoms with van der Waals surface area (Å²) in [7, 11) is 0. The van der Waals surface area contributed by atoms with Gasteiger partial charge in [-0.15, -0.1) is 22.9 Å². The Morgan fingerprint density at radius 1 is 1.33 bits per heavy atom. The number of carbonyl (C=O) groups is 1. The van der Waals surface area contributed by atoms with E-state index >= 15 is 0 Å². The highest BCUT2D eigenvalue weighted by atomic mass is 35.5. The van der Waals surface area contributed by atoms with Crippen LogP contribution in [-0.2, 0) is 11.2 Å². The van der Waals surface area contributed by atoms with Gasteiger partial charge in [-0.05, 0) is 17.7 Å². The molecule has 1 aromatic heterocycles. The molecule has 0 aliphatic heterocycles. The first-order chi connectivity index (χ1) is 8.67. The third-order valence-electron chi connectivity index (χ3n) is 2.21. The molecule has 2 aromatic rings. The normalized spacial score (nSPS) is 10.3. The summed E-state index contributed by atoms with van der Waals surface area (Å²) in [5.41, 5.74) is 1.15. The molecular weight excluding hydrogens is 291 g/mol. The average Bonchev–Trinajstić information content (AvgIpc) is 2.79.